The number of rotatable bonds is 0. The Morgan fingerprint density at radius 2 is 1.41 bits per heavy atom. The van der Waals surface area contributed by atoms with Gasteiger partial charge >= 0.3 is 17.8 Å². The highest BCUT2D eigenvalue weighted by Gasteiger charge is 2.85. The van der Waals surface area contributed by atoms with Gasteiger partial charge in [-0.1, -0.05) is 18.2 Å². The van der Waals surface area contributed by atoms with Crippen molar-refractivity contribution < 1.29 is 26.3 Å². The number of benzene rings is 1. The van der Waals surface area contributed by atoms with Crippen molar-refractivity contribution in [2.75, 3.05) is 7.05 Å². The summed E-state index contributed by atoms with van der Waals surface area (Å²) in [6.07, 6.45) is 0. The van der Waals surface area contributed by atoms with Gasteiger partial charge in [0.15, 0.2) is 0 Å². The number of hydrogen-bond acceptors (Lipinski definition) is 3. The minimum absolute atomic E-state index is 0.0486. The summed E-state index contributed by atoms with van der Waals surface area (Å²) in [5.74, 6) is -15.6. The van der Waals surface area contributed by atoms with Crippen LogP contribution in [0, 0.1) is 0 Å². The lowest BCUT2D eigenvalue weighted by Gasteiger charge is -2.50. The number of thioether (sulfide) groups is 1. The van der Waals surface area contributed by atoms with Crippen LogP contribution < -0.4 is 0 Å². The van der Waals surface area contributed by atoms with E-state index in [0.29, 0.717) is 10.5 Å². The highest BCUT2D eigenvalue weighted by molar-refractivity contribution is 8.01. The predicted molar refractivity (Wildman–Crippen MR) is 98.8 cm³/mol. The second-order valence-electron chi connectivity index (χ2n) is 8.14. The molecule has 5 rings (SSSR count). The summed E-state index contributed by atoms with van der Waals surface area (Å²) in [5.41, 5.74) is -3.88. The van der Waals surface area contributed by atoms with Crippen molar-refractivity contribution in [3.63, 3.8) is 0 Å². The van der Waals surface area contributed by atoms with Crippen LogP contribution >= 0.6 is 11.8 Å². The molecular formula is C20H16F6N2S. The van der Waals surface area contributed by atoms with Gasteiger partial charge in [0.2, 0.25) is 0 Å². The van der Waals surface area contributed by atoms with E-state index in [1.807, 2.05) is 0 Å². The first-order chi connectivity index (χ1) is 13.2. The molecule has 2 unspecified atom stereocenters. The molecule has 29 heavy (non-hydrogen) atoms. The zero-order chi connectivity index (χ0) is 21.4. The van der Waals surface area contributed by atoms with Crippen molar-refractivity contribution in [3.8, 4) is 0 Å². The Morgan fingerprint density at radius 3 is 2.03 bits per heavy atom. The van der Waals surface area contributed by atoms with Gasteiger partial charge in [0.25, 0.3) is 0 Å². The van der Waals surface area contributed by atoms with Crippen LogP contribution in [0.4, 0.5) is 26.3 Å². The Hall–Kier alpha value is -1.90. The largest absolute Gasteiger partial charge is 0.380 e. The Bertz CT molecular complexity index is 1090. The monoisotopic (exact) mass is 430 g/mol. The number of halogens is 6. The second-order valence-corrected chi connectivity index (χ2v) is 9.60. The van der Waals surface area contributed by atoms with Gasteiger partial charge in [0.05, 0.1) is 10.5 Å². The van der Waals surface area contributed by atoms with Gasteiger partial charge in [-0.25, -0.2) is 0 Å². The molecule has 1 aromatic rings. The molecule has 0 amide bonds. The van der Waals surface area contributed by atoms with Gasteiger partial charge in [-0.15, -0.1) is 11.8 Å². The highest BCUT2D eigenvalue weighted by Crippen LogP contribution is 2.73. The van der Waals surface area contributed by atoms with Gasteiger partial charge < -0.3 is 0 Å². The summed E-state index contributed by atoms with van der Waals surface area (Å²) >= 11 is 1.22. The molecule has 2 heterocycles. The van der Waals surface area contributed by atoms with Crippen LogP contribution in [0.1, 0.15) is 26.3 Å². The summed E-state index contributed by atoms with van der Waals surface area (Å²) < 4.78 is 88.0. The number of alkyl halides is 6. The van der Waals surface area contributed by atoms with Gasteiger partial charge in [0.1, 0.15) is 5.54 Å². The number of allylic oxidation sites excluding steroid dienone is 2. The third-order valence-corrected chi connectivity index (χ3v) is 8.42. The molecule has 0 radical (unpaired) electrons. The molecule has 154 valence electrons. The maximum atomic E-state index is 15.1. The van der Waals surface area contributed by atoms with Crippen molar-refractivity contribution in [3.05, 3.63) is 46.5 Å². The number of fused-ring (bicyclic) bond motifs is 6. The van der Waals surface area contributed by atoms with Crippen LogP contribution in [-0.4, -0.2) is 45.8 Å². The van der Waals surface area contributed by atoms with Crippen LogP contribution in [0.25, 0.3) is 5.57 Å². The van der Waals surface area contributed by atoms with Crippen molar-refractivity contribution in [1.29, 1.82) is 0 Å². The molecule has 0 N–H and O–H groups in total. The van der Waals surface area contributed by atoms with E-state index in [1.54, 1.807) is 39.1 Å². The number of hydrazone groups is 1. The van der Waals surface area contributed by atoms with E-state index in [2.05, 4.69) is 5.10 Å². The summed E-state index contributed by atoms with van der Waals surface area (Å²) in [6.45, 7) is 4.65. The summed E-state index contributed by atoms with van der Waals surface area (Å²) in [6, 6.07) is 6.50. The van der Waals surface area contributed by atoms with E-state index in [9.17, 15) is 8.78 Å². The van der Waals surface area contributed by atoms with Crippen molar-refractivity contribution in [1.82, 2.24) is 5.01 Å². The Morgan fingerprint density at radius 1 is 0.862 bits per heavy atom. The first kappa shape index (κ1) is 19.1. The van der Waals surface area contributed by atoms with E-state index in [0.717, 1.165) is 0 Å². The van der Waals surface area contributed by atoms with E-state index in [4.69, 9.17) is 0 Å². The topological polar surface area (TPSA) is 15.6 Å². The zero-order valence-electron chi connectivity index (χ0n) is 15.9. The molecular weight excluding hydrogens is 414 g/mol. The lowest BCUT2D eigenvalue weighted by atomic mass is 9.65. The summed E-state index contributed by atoms with van der Waals surface area (Å²) in [7, 11) is 1.55. The maximum absolute atomic E-state index is 15.1. The van der Waals surface area contributed by atoms with Crippen molar-refractivity contribution >= 4 is 23.0 Å². The zero-order valence-corrected chi connectivity index (χ0v) is 16.7. The predicted octanol–water partition coefficient (Wildman–Crippen LogP) is 5.61. The molecule has 0 aromatic heterocycles. The summed E-state index contributed by atoms with van der Waals surface area (Å²) in [5, 5.41) is 5.66. The fourth-order valence-corrected chi connectivity index (χ4v) is 6.87. The highest BCUT2D eigenvalue weighted by atomic mass is 32.2. The van der Waals surface area contributed by atoms with Crippen LogP contribution in [0.2, 0.25) is 0 Å². The minimum atomic E-state index is -5.54. The Kier molecular flexibility index (Phi) is 3.21. The molecule has 2 nitrogen and oxygen atoms in total. The van der Waals surface area contributed by atoms with Crippen LogP contribution in [0.5, 0.6) is 0 Å². The Labute approximate surface area is 167 Å². The standard InChI is InChI=1S/C20H16F6N2S/c1-9-12-14-15(19(23,24)20(25,26)18(14,21)22)13-10-7-5-6-8-11(10)29-17(13,3)16(12,2)28(4)27-9/h5-8H,1-4H3. The number of hydrogen-bond donors (Lipinski definition) is 0. The smallest absolute Gasteiger partial charge is 0.288 e. The van der Waals surface area contributed by atoms with E-state index < -0.39 is 39.2 Å². The quantitative estimate of drug-likeness (QED) is 0.497. The fraction of sp³-hybridized carbons (Fsp3) is 0.450. The average Bonchev–Trinajstić information content (AvgIpc) is 3.08. The van der Waals surface area contributed by atoms with E-state index in [-0.39, 0.29) is 16.9 Å². The molecule has 0 saturated heterocycles. The maximum Gasteiger partial charge on any atom is 0.380 e. The van der Waals surface area contributed by atoms with Crippen molar-refractivity contribution in [2.24, 2.45) is 5.10 Å². The molecule has 0 bridgehead atoms. The van der Waals surface area contributed by atoms with Crippen molar-refractivity contribution in [2.45, 2.75) is 53.7 Å². The lowest BCUT2D eigenvalue weighted by molar-refractivity contribution is -0.257. The van der Waals surface area contributed by atoms with Gasteiger partial charge in [-0.3, -0.25) is 5.01 Å². The van der Waals surface area contributed by atoms with Gasteiger partial charge in [-0.05, 0) is 38.0 Å². The van der Waals surface area contributed by atoms with Gasteiger partial charge in [-0.2, -0.15) is 31.4 Å². The van der Waals surface area contributed by atoms with E-state index >= 15 is 17.6 Å². The van der Waals surface area contributed by atoms with E-state index in [1.165, 1.54) is 29.8 Å². The van der Waals surface area contributed by atoms with Crippen LogP contribution in [-0.2, 0) is 0 Å². The molecule has 4 aliphatic rings. The third-order valence-electron chi connectivity index (χ3n) is 6.84. The summed E-state index contributed by atoms with van der Waals surface area (Å²) in [4.78, 5) is 0.589. The molecule has 1 fully saturated rings. The molecule has 9 heteroatoms. The van der Waals surface area contributed by atoms with Gasteiger partial charge in [0, 0.05) is 28.7 Å². The SMILES string of the molecule is CC1=NN(C)C2(C)C1=C1C(=C3c4ccccc4SC32C)C(F)(F)C(F)(F)C1(F)F. The normalized spacial score (nSPS) is 35.4. The molecule has 1 aromatic carbocycles. The Balaban J connectivity index is 2.03. The fourth-order valence-electron chi connectivity index (χ4n) is 5.26. The molecule has 0 spiro atoms. The van der Waals surface area contributed by atoms with Crippen LogP contribution in [0.15, 0.2) is 51.0 Å². The number of nitrogens with zero attached hydrogens (tertiary/aromatic N) is 2. The molecule has 2 aliphatic carbocycles. The number of likely N-dealkylation sites (N-methyl/N-ethyl adjacent to an activating group) is 1. The lowest BCUT2D eigenvalue weighted by Crippen LogP contribution is -2.58. The molecule has 2 atom stereocenters. The first-order valence-corrected chi connectivity index (χ1v) is 9.78. The minimum Gasteiger partial charge on any atom is -0.288 e. The molecule has 1 saturated carbocycles. The van der Waals surface area contributed by atoms with Crippen LogP contribution in [0.3, 0.4) is 0 Å². The first-order valence-electron chi connectivity index (χ1n) is 8.96. The second kappa shape index (κ2) is 4.87. The molecule has 2 aliphatic heterocycles. The third kappa shape index (κ3) is 1.68. The average molecular weight is 430 g/mol.